The van der Waals surface area contributed by atoms with E-state index in [1.54, 1.807) is 0 Å². The molecular weight excluding hydrogens is 108 g/mol. The van der Waals surface area contributed by atoms with E-state index >= 15 is 0 Å². The van der Waals surface area contributed by atoms with Crippen LogP contribution in [-0.4, -0.2) is 5.84 Å². The molecule has 0 unspecified atom stereocenters. The topological polar surface area (TPSA) is 49.9 Å². The van der Waals surface area contributed by atoms with Crippen LogP contribution in [-0.2, 0) is 17.1 Å². The summed E-state index contributed by atoms with van der Waals surface area (Å²) >= 11 is 0. The molecule has 0 aliphatic heterocycles. The predicted octanol–water partition coefficient (Wildman–Crippen LogP) is -0.0602. The van der Waals surface area contributed by atoms with Crippen molar-refractivity contribution in [1.82, 2.24) is 0 Å². The Balaban J connectivity index is 0. The fourth-order valence-corrected chi connectivity index (χ4v) is 0. The van der Waals surface area contributed by atoms with Gasteiger partial charge in [0.1, 0.15) is 0 Å². The molecule has 0 rings (SSSR count). The van der Waals surface area contributed by atoms with Crippen LogP contribution in [0.2, 0.25) is 0 Å². The zero-order chi connectivity index (χ0) is 3.58. The monoisotopic (exact) mass is 114 g/mol. The van der Waals surface area contributed by atoms with E-state index in [1.807, 2.05) is 0 Å². The van der Waals surface area contributed by atoms with E-state index in [1.165, 1.54) is 6.92 Å². The number of nitrogens with two attached hydrogens (primary N) is 1. The maximum absolute atomic E-state index is 6.28. The molecule has 0 saturated heterocycles. The van der Waals surface area contributed by atoms with Crippen LogP contribution in [0.5, 0.6) is 0 Å². The molecule has 1 radical (unpaired) electrons. The second kappa shape index (κ2) is 3.99. The van der Waals surface area contributed by atoms with Crippen molar-refractivity contribution in [1.29, 1.82) is 5.41 Å². The average Bonchev–Trinajstić information content (AvgIpc) is 0.811. The average molecular weight is 114 g/mol. The smallest absolute Gasteiger partial charge is 0.388 e. The molecule has 0 amide bonds. The van der Waals surface area contributed by atoms with Gasteiger partial charge in [-0.1, -0.05) is 0 Å². The Morgan fingerprint density at radius 2 is 1.80 bits per heavy atom. The van der Waals surface area contributed by atoms with Crippen molar-refractivity contribution >= 4 is 5.84 Å². The van der Waals surface area contributed by atoms with Crippen LogP contribution in [0.1, 0.15) is 6.92 Å². The van der Waals surface area contributed by atoms with Crippen molar-refractivity contribution in [3.63, 3.8) is 0 Å². The number of hydrogen-bond acceptors (Lipinski definition) is 1. The van der Waals surface area contributed by atoms with Crippen molar-refractivity contribution in [3.8, 4) is 0 Å². The summed E-state index contributed by atoms with van der Waals surface area (Å²) in [6.07, 6.45) is 0. The number of hydrogen-bond donors (Lipinski definition) is 2. The first-order valence-corrected chi connectivity index (χ1v) is 1.04. The number of rotatable bonds is 0. The summed E-state index contributed by atoms with van der Waals surface area (Å²) < 4.78 is 0. The fraction of sp³-hybridized carbons (Fsp3) is 0.500. The van der Waals surface area contributed by atoms with Gasteiger partial charge in [0.25, 0.3) is 0 Å². The molecule has 2 nitrogen and oxygen atoms in total. The molecule has 0 aliphatic rings. The predicted molar refractivity (Wildman–Crippen MR) is 17.6 cm³/mol. The summed E-state index contributed by atoms with van der Waals surface area (Å²) in [5.41, 5.74) is 4.69. The minimum atomic E-state index is 0. The van der Waals surface area contributed by atoms with Gasteiger partial charge in [0.2, 0.25) is 0 Å². The van der Waals surface area contributed by atoms with E-state index in [2.05, 4.69) is 0 Å². The number of nitrogens with one attached hydrogen (secondary N) is 1. The number of amidine groups is 1. The standard InChI is InChI=1S/C2H6N2.Fe/c1-2(3)4;/h1H3,(H3,3,4);/q;+3. The van der Waals surface area contributed by atoms with Gasteiger partial charge in [-0.15, -0.1) is 0 Å². The third-order valence-electron chi connectivity index (χ3n) is 0. The Morgan fingerprint density at radius 1 is 1.80 bits per heavy atom. The van der Waals surface area contributed by atoms with E-state index in [4.69, 9.17) is 11.1 Å². The van der Waals surface area contributed by atoms with Crippen molar-refractivity contribution in [2.75, 3.05) is 0 Å². The van der Waals surface area contributed by atoms with Crippen LogP contribution >= 0.6 is 0 Å². The van der Waals surface area contributed by atoms with Gasteiger partial charge in [0, 0.05) is 0 Å². The summed E-state index contributed by atoms with van der Waals surface area (Å²) in [4.78, 5) is 0. The van der Waals surface area contributed by atoms with Crippen molar-refractivity contribution in [3.05, 3.63) is 0 Å². The molecule has 0 saturated carbocycles. The molecule has 5 heavy (non-hydrogen) atoms. The van der Waals surface area contributed by atoms with Gasteiger partial charge in [-0.2, -0.15) is 0 Å². The van der Waals surface area contributed by atoms with Crippen LogP contribution in [0.25, 0.3) is 0 Å². The minimum absolute atomic E-state index is 0. The van der Waals surface area contributed by atoms with Gasteiger partial charge in [0.05, 0.1) is 5.84 Å². The Hall–Kier alpha value is -0.0105. The van der Waals surface area contributed by atoms with E-state index in [0.29, 0.717) is 0 Å². The molecule has 0 fully saturated rings. The molecule has 0 atom stereocenters. The SMILES string of the molecule is CC(=N)N.[Fe+3]. The van der Waals surface area contributed by atoms with Gasteiger partial charge in [-0.25, -0.2) is 0 Å². The Kier molecular flexibility index (Phi) is 7.09. The normalized spacial score (nSPS) is 5.00. The molecule has 0 heterocycles. The first-order chi connectivity index (χ1) is 1.73. The third-order valence-corrected chi connectivity index (χ3v) is 0. The molecule has 0 spiro atoms. The maximum atomic E-state index is 6.28. The van der Waals surface area contributed by atoms with Gasteiger partial charge >= 0.3 is 17.1 Å². The molecule has 3 N–H and O–H groups in total. The fourth-order valence-electron chi connectivity index (χ4n) is 0. The Bertz CT molecular complexity index is 30.6. The summed E-state index contributed by atoms with van der Waals surface area (Å²) in [6, 6.07) is 0. The molecule has 0 bridgehead atoms. The van der Waals surface area contributed by atoms with Crippen molar-refractivity contribution in [2.45, 2.75) is 6.92 Å². The van der Waals surface area contributed by atoms with Gasteiger partial charge in [-0.3, -0.25) is 5.41 Å². The molecule has 0 aromatic heterocycles. The molecule has 0 aliphatic carbocycles. The van der Waals surface area contributed by atoms with E-state index < -0.39 is 0 Å². The van der Waals surface area contributed by atoms with Crippen LogP contribution in [0.15, 0.2) is 0 Å². The third kappa shape index (κ3) is 143000. The van der Waals surface area contributed by atoms with Crippen molar-refractivity contribution < 1.29 is 17.1 Å². The summed E-state index contributed by atoms with van der Waals surface area (Å²) in [5.74, 6) is 0.167. The first-order valence-electron chi connectivity index (χ1n) is 1.04. The molecule has 29 valence electrons. The first kappa shape index (κ1) is 8.89. The summed E-state index contributed by atoms with van der Waals surface area (Å²) in [7, 11) is 0. The molecule has 0 aromatic rings. The second-order valence-electron chi connectivity index (χ2n) is 0.683. The van der Waals surface area contributed by atoms with E-state index in [-0.39, 0.29) is 22.9 Å². The van der Waals surface area contributed by atoms with Gasteiger partial charge in [0.15, 0.2) is 0 Å². The van der Waals surface area contributed by atoms with Crippen molar-refractivity contribution in [2.24, 2.45) is 5.73 Å². The zero-order valence-electron chi connectivity index (χ0n) is 2.93. The van der Waals surface area contributed by atoms with E-state index in [9.17, 15) is 0 Å². The largest absolute Gasteiger partial charge is 3.00 e. The Morgan fingerprint density at radius 3 is 1.80 bits per heavy atom. The zero-order valence-corrected chi connectivity index (χ0v) is 4.04. The van der Waals surface area contributed by atoms with Gasteiger partial charge < -0.3 is 5.73 Å². The molecular formula is C2H6FeN2+3. The molecule has 3 heteroatoms. The van der Waals surface area contributed by atoms with Crippen LogP contribution < -0.4 is 5.73 Å². The van der Waals surface area contributed by atoms with Crippen LogP contribution in [0.4, 0.5) is 0 Å². The van der Waals surface area contributed by atoms with Crippen LogP contribution in [0.3, 0.4) is 0 Å². The quantitative estimate of drug-likeness (QED) is 0.258. The van der Waals surface area contributed by atoms with E-state index in [0.717, 1.165) is 0 Å². The Labute approximate surface area is 41.7 Å². The summed E-state index contributed by atoms with van der Waals surface area (Å²) in [5, 5.41) is 6.28. The second-order valence-corrected chi connectivity index (χ2v) is 0.683. The van der Waals surface area contributed by atoms with Crippen LogP contribution in [0, 0.1) is 5.41 Å². The maximum Gasteiger partial charge on any atom is 3.00 e. The molecule has 0 aromatic carbocycles. The summed E-state index contributed by atoms with van der Waals surface area (Å²) in [6.45, 7) is 1.53. The minimum Gasteiger partial charge on any atom is -0.388 e. The van der Waals surface area contributed by atoms with Gasteiger partial charge in [-0.05, 0) is 6.92 Å².